The summed E-state index contributed by atoms with van der Waals surface area (Å²) in [5, 5.41) is 5.94. The van der Waals surface area contributed by atoms with Gasteiger partial charge in [-0.15, -0.1) is 11.3 Å². The van der Waals surface area contributed by atoms with Gasteiger partial charge < -0.3 is 10.6 Å². The molecular formula is C24H20BrN3O2S2. The number of anilines is 1. The van der Waals surface area contributed by atoms with Crippen LogP contribution in [0.5, 0.6) is 0 Å². The van der Waals surface area contributed by atoms with Gasteiger partial charge in [0.05, 0.1) is 22.0 Å². The van der Waals surface area contributed by atoms with E-state index in [2.05, 4.69) is 31.5 Å². The lowest BCUT2D eigenvalue weighted by Gasteiger charge is -2.13. The van der Waals surface area contributed by atoms with Crippen LogP contribution in [0.3, 0.4) is 0 Å². The van der Waals surface area contributed by atoms with Gasteiger partial charge in [0.2, 0.25) is 5.91 Å². The van der Waals surface area contributed by atoms with Gasteiger partial charge in [0.15, 0.2) is 4.34 Å². The summed E-state index contributed by atoms with van der Waals surface area (Å²) in [5.74, 6) is 0.0951. The topological polar surface area (TPSA) is 71.1 Å². The van der Waals surface area contributed by atoms with Crippen molar-refractivity contribution in [1.29, 1.82) is 0 Å². The number of thioether (sulfide) groups is 1. The number of carbonyl (C=O) groups is 2. The number of rotatable bonds is 7. The minimum atomic E-state index is -0.167. The van der Waals surface area contributed by atoms with Crippen molar-refractivity contribution in [2.45, 2.75) is 17.3 Å². The Balaban J connectivity index is 1.36. The van der Waals surface area contributed by atoms with E-state index in [1.807, 2.05) is 67.6 Å². The van der Waals surface area contributed by atoms with E-state index in [-0.39, 0.29) is 17.9 Å². The van der Waals surface area contributed by atoms with Crippen molar-refractivity contribution in [3.8, 4) is 0 Å². The molecule has 2 N–H and O–H groups in total. The van der Waals surface area contributed by atoms with E-state index >= 15 is 0 Å². The van der Waals surface area contributed by atoms with E-state index in [1.165, 1.54) is 23.1 Å². The summed E-state index contributed by atoms with van der Waals surface area (Å²) >= 11 is 6.29. The third-order valence-electron chi connectivity index (χ3n) is 4.74. The maximum atomic E-state index is 12.4. The first kappa shape index (κ1) is 22.5. The number of nitrogens with one attached hydrogen (secondary N) is 2. The summed E-state index contributed by atoms with van der Waals surface area (Å²) in [6, 6.07) is 22.7. The Bertz CT molecular complexity index is 1240. The minimum absolute atomic E-state index is 0.0342. The number of benzene rings is 3. The molecule has 32 heavy (non-hydrogen) atoms. The largest absolute Gasteiger partial charge is 0.349 e. The summed E-state index contributed by atoms with van der Waals surface area (Å²) in [6.07, 6.45) is 0. The third kappa shape index (κ3) is 5.76. The average Bonchev–Trinajstić information content (AvgIpc) is 3.21. The Labute approximate surface area is 202 Å². The quantitative estimate of drug-likeness (QED) is 0.278. The standard InChI is InChI=1S/C24H20BrN3O2S2/c1-15(16-5-3-2-4-6-16)26-22(29)14-31-24-28-20-12-11-19(13-21(20)32-24)27-23(30)17-7-9-18(25)10-8-17/h2-13,15H,14H2,1H3,(H,26,29)(H,27,30)/t15-/m1/s1. The summed E-state index contributed by atoms with van der Waals surface area (Å²) in [4.78, 5) is 29.4. The molecule has 0 saturated carbocycles. The highest BCUT2D eigenvalue weighted by molar-refractivity contribution is 9.10. The molecule has 0 spiro atoms. The fourth-order valence-corrected chi connectivity index (χ4v) is 5.27. The van der Waals surface area contributed by atoms with Gasteiger partial charge in [-0.1, -0.05) is 58.0 Å². The number of fused-ring (bicyclic) bond motifs is 1. The first-order chi connectivity index (χ1) is 15.5. The second-order valence-electron chi connectivity index (χ2n) is 7.11. The Hall–Kier alpha value is -2.68. The third-order valence-corrected chi connectivity index (χ3v) is 7.43. The smallest absolute Gasteiger partial charge is 0.255 e. The number of hydrogen-bond acceptors (Lipinski definition) is 5. The molecule has 1 atom stereocenters. The highest BCUT2D eigenvalue weighted by Crippen LogP contribution is 2.31. The lowest BCUT2D eigenvalue weighted by molar-refractivity contribution is -0.119. The van der Waals surface area contributed by atoms with Crippen molar-refractivity contribution < 1.29 is 9.59 Å². The zero-order chi connectivity index (χ0) is 22.5. The number of aromatic nitrogens is 1. The monoisotopic (exact) mass is 525 g/mol. The SMILES string of the molecule is C[C@@H](NC(=O)CSc1nc2ccc(NC(=O)c3ccc(Br)cc3)cc2s1)c1ccccc1. The highest BCUT2D eigenvalue weighted by atomic mass is 79.9. The molecule has 5 nitrogen and oxygen atoms in total. The van der Waals surface area contributed by atoms with Gasteiger partial charge in [0.1, 0.15) is 0 Å². The van der Waals surface area contributed by atoms with Crippen molar-refractivity contribution in [2.24, 2.45) is 0 Å². The molecule has 4 rings (SSSR count). The van der Waals surface area contributed by atoms with Crippen LogP contribution in [-0.2, 0) is 4.79 Å². The lowest BCUT2D eigenvalue weighted by Crippen LogP contribution is -2.28. The van der Waals surface area contributed by atoms with E-state index in [0.717, 1.165) is 24.6 Å². The molecular weight excluding hydrogens is 506 g/mol. The van der Waals surface area contributed by atoms with Gasteiger partial charge >= 0.3 is 0 Å². The first-order valence-electron chi connectivity index (χ1n) is 9.92. The normalized spacial score (nSPS) is 11.8. The fourth-order valence-electron chi connectivity index (χ4n) is 3.08. The Kier molecular flexibility index (Phi) is 7.24. The number of nitrogens with zero attached hydrogens (tertiary/aromatic N) is 1. The molecule has 0 aliphatic carbocycles. The molecule has 0 radical (unpaired) electrons. The van der Waals surface area contributed by atoms with Gasteiger partial charge in [-0.3, -0.25) is 9.59 Å². The highest BCUT2D eigenvalue weighted by Gasteiger charge is 2.12. The summed E-state index contributed by atoms with van der Waals surface area (Å²) < 4.78 is 2.70. The predicted octanol–water partition coefficient (Wildman–Crippen LogP) is 6.28. The molecule has 2 amide bonds. The van der Waals surface area contributed by atoms with E-state index in [4.69, 9.17) is 0 Å². The van der Waals surface area contributed by atoms with Crippen LogP contribution in [-0.4, -0.2) is 22.6 Å². The van der Waals surface area contributed by atoms with E-state index in [1.54, 1.807) is 12.1 Å². The first-order valence-corrected chi connectivity index (χ1v) is 12.5. The zero-order valence-electron chi connectivity index (χ0n) is 17.2. The number of carbonyl (C=O) groups excluding carboxylic acids is 2. The predicted molar refractivity (Wildman–Crippen MR) is 135 cm³/mol. The summed E-state index contributed by atoms with van der Waals surface area (Å²) in [7, 11) is 0. The Morgan fingerprint density at radius 2 is 1.81 bits per heavy atom. The molecule has 1 heterocycles. The molecule has 0 saturated heterocycles. The van der Waals surface area contributed by atoms with Crippen molar-refractivity contribution >= 4 is 66.7 Å². The molecule has 0 aliphatic rings. The van der Waals surface area contributed by atoms with Crippen molar-refractivity contribution in [3.05, 3.63) is 88.4 Å². The lowest BCUT2D eigenvalue weighted by atomic mass is 10.1. The van der Waals surface area contributed by atoms with Crippen LogP contribution in [0.1, 0.15) is 28.9 Å². The van der Waals surface area contributed by atoms with Gasteiger partial charge in [-0.25, -0.2) is 4.98 Å². The van der Waals surface area contributed by atoms with Gasteiger partial charge in [-0.2, -0.15) is 0 Å². The summed E-state index contributed by atoms with van der Waals surface area (Å²) in [6.45, 7) is 1.97. The summed E-state index contributed by atoms with van der Waals surface area (Å²) in [5.41, 5.74) is 3.21. The zero-order valence-corrected chi connectivity index (χ0v) is 20.4. The van der Waals surface area contributed by atoms with Crippen LogP contribution < -0.4 is 10.6 Å². The molecule has 8 heteroatoms. The molecule has 4 aromatic rings. The van der Waals surface area contributed by atoms with Crippen LogP contribution in [0.4, 0.5) is 5.69 Å². The second-order valence-corrected chi connectivity index (χ2v) is 10.3. The molecule has 162 valence electrons. The molecule has 0 fully saturated rings. The van der Waals surface area contributed by atoms with Crippen LogP contribution in [0, 0.1) is 0 Å². The molecule has 1 aromatic heterocycles. The fraction of sp³-hybridized carbons (Fsp3) is 0.125. The van der Waals surface area contributed by atoms with Gasteiger partial charge in [0, 0.05) is 15.7 Å². The van der Waals surface area contributed by atoms with E-state index in [0.29, 0.717) is 17.0 Å². The van der Waals surface area contributed by atoms with Gasteiger partial charge in [-0.05, 0) is 55.0 Å². The number of thiazole rings is 1. The minimum Gasteiger partial charge on any atom is -0.349 e. The van der Waals surface area contributed by atoms with Crippen molar-refractivity contribution in [2.75, 3.05) is 11.1 Å². The van der Waals surface area contributed by atoms with E-state index < -0.39 is 0 Å². The van der Waals surface area contributed by atoms with E-state index in [9.17, 15) is 9.59 Å². The molecule has 3 aromatic carbocycles. The number of amides is 2. The van der Waals surface area contributed by atoms with Crippen molar-refractivity contribution in [3.63, 3.8) is 0 Å². The Morgan fingerprint density at radius 1 is 1.06 bits per heavy atom. The van der Waals surface area contributed by atoms with Crippen LogP contribution in [0.15, 0.2) is 81.6 Å². The van der Waals surface area contributed by atoms with Crippen LogP contribution in [0.2, 0.25) is 0 Å². The number of halogens is 1. The average molecular weight is 526 g/mol. The maximum absolute atomic E-state index is 12.4. The van der Waals surface area contributed by atoms with Crippen LogP contribution in [0.25, 0.3) is 10.2 Å². The maximum Gasteiger partial charge on any atom is 0.255 e. The molecule has 0 unspecified atom stereocenters. The molecule has 0 bridgehead atoms. The molecule has 0 aliphatic heterocycles. The van der Waals surface area contributed by atoms with Crippen LogP contribution >= 0.6 is 39.0 Å². The Morgan fingerprint density at radius 3 is 2.56 bits per heavy atom. The second kappa shape index (κ2) is 10.3. The number of hydrogen-bond donors (Lipinski definition) is 2. The van der Waals surface area contributed by atoms with Crippen molar-refractivity contribution in [1.82, 2.24) is 10.3 Å². The van der Waals surface area contributed by atoms with Gasteiger partial charge in [0.25, 0.3) is 5.91 Å².